The first kappa shape index (κ1) is 23.1. The Hall–Kier alpha value is -3.30. The molecule has 0 nitrogen and oxygen atoms in total. The van der Waals surface area contributed by atoms with Crippen molar-refractivity contribution in [1.82, 2.24) is 0 Å². The van der Waals surface area contributed by atoms with Crippen molar-refractivity contribution in [2.75, 3.05) is 0 Å². The van der Waals surface area contributed by atoms with Gasteiger partial charge in [-0.05, 0) is 0 Å². The van der Waals surface area contributed by atoms with Gasteiger partial charge in [0.15, 0.2) is 0 Å². The summed E-state index contributed by atoms with van der Waals surface area (Å²) in [6, 6.07) is 58.7. The van der Waals surface area contributed by atoms with E-state index in [1.54, 1.807) is 0 Å². The molecule has 2 heteroatoms. The number of hydrogen-bond donors (Lipinski definition) is 0. The number of hydrogen-bond acceptors (Lipinski definition) is 0. The fraction of sp³-hybridized carbons (Fsp3) is 0. The van der Waals surface area contributed by atoms with Crippen molar-refractivity contribution in [3.63, 3.8) is 0 Å². The molecule has 0 heterocycles. The predicted molar refractivity (Wildman–Crippen MR) is 159 cm³/mol. The van der Waals surface area contributed by atoms with E-state index in [0.717, 1.165) is 0 Å². The maximum absolute atomic E-state index is 2.41. The van der Waals surface area contributed by atoms with Crippen LogP contribution in [-0.4, -0.2) is 29.3 Å². The van der Waals surface area contributed by atoms with Crippen molar-refractivity contribution in [2.45, 2.75) is 0 Å². The average Bonchev–Trinajstić information content (AvgIpc) is 2.96. The molecule has 0 aliphatic rings. The van der Waals surface area contributed by atoms with Crippen molar-refractivity contribution in [1.29, 1.82) is 0 Å². The molecule has 0 fully saturated rings. The Kier molecular flexibility index (Phi) is 6.91. The van der Waals surface area contributed by atoms with Gasteiger partial charge in [-0.1, -0.05) is 0 Å². The van der Waals surface area contributed by atoms with E-state index in [0.29, 0.717) is 0 Å². The van der Waals surface area contributed by atoms with E-state index < -0.39 is 29.3 Å². The molecule has 172 valence electrons. The summed E-state index contributed by atoms with van der Waals surface area (Å²) in [6.07, 6.45) is 0. The van der Waals surface area contributed by atoms with Crippen LogP contribution < -0.4 is 26.1 Å². The number of benzene rings is 6. The van der Waals surface area contributed by atoms with Crippen molar-refractivity contribution in [3.8, 4) is 0 Å². The third-order valence-electron chi connectivity index (χ3n) is 6.40. The first-order chi connectivity index (χ1) is 17.9. The van der Waals surface area contributed by atoms with Crippen LogP contribution in [0.15, 0.2) is 158 Å². The number of rotatable bonds is 6. The predicted octanol–water partition coefficient (Wildman–Crippen LogP) is 3.87. The Morgan fingerprint density at radius 3 is 0.889 bits per heavy atom. The SMILES string of the molecule is c1ccc([As](c2ccccc2)c2cccc3cccc([As](c4ccccc4)c4ccccc4)c23)cc1. The summed E-state index contributed by atoms with van der Waals surface area (Å²) in [6.45, 7) is 0. The van der Waals surface area contributed by atoms with Gasteiger partial charge in [0, 0.05) is 0 Å². The van der Waals surface area contributed by atoms with Crippen LogP contribution in [0.2, 0.25) is 0 Å². The van der Waals surface area contributed by atoms with Gasteiger partial charge in [-0.25, -0.2) is 0 Å². The Balaban J connectivity index is 1.66. The monoisotopic (exact) mass is 584 g/mol. The second-order valence-electron chi connectivity index (χ2n) is 8.67. The Labute approximate surface area is 222 Å². The van der Waals surface area contributed by atoms with E-state index in [2.05, 4.69) is 158 Å². The molecule has 0 aliphatic carbocycles. The molecule has 0 aliphatic heterocycles. The third kappa shape index (κ3) is 4.60. The van der Waals surface area contributed by atoms with Gasteiger partial charge in [0.1, 0.15) is 0 Å². The van der Waals surface area contributed by atoms with E-state index >= 15 is 0 Å². The molecule has 6 aromatic rings. The van der Waals surface area contributed by atoms with Crippen LogP contribution in [0.25, 0.3) is 10.8 Å². The summed E-state index contributed by atoms with van der Waals surface area (Å²) in [5.74, 6) is 0. The van der Waals surface area contributed by atoms with Crippen LogP contribution in [0.5, 0.6) is 0 Å². The third-order valence-corrected chi connectivity index (χ3v) is 16.8. The fourth-order valence-corrected chi connectivity index (χ4v) is 15.8. The first-order valence-electron chi connectivity index (χ1n) is 12.2. The van der Waals surface area contributed by atoms with Gasteiger partial charge >= 0.3 is 224 Å². The molecular formula is C34H26As2. The Morgan fingerprint density at radius 1 is 0.278 bits per heavy atom. The fourth-order valence-electron chi connectivity index (χ4n) is 4.84. The minimum absolute atomic E-state index is 1.35. The molecule has 0 spiro atoms. The van der Waals surface area contributed by atoms with E-state index in [1.165, 1.54) is 36.9 Å². The Bertz CT molecular complexity index is 1370. The summed E-state index contributed by atoms with van der Waals surface area (Å²) in [5, 5.41) is 2.82. The van der Waals surface area contributed by atoms with E-state index in [4.69, 9.17) is 0 Å². The van der Waals surface area contributed by atoms with Gasteiger partial charge in [0.25, 0.3) is 0 Å². The standard InChI is InChI=1S/C34H26As2/c1-5-17-28(18-6-1)35(29-19-7-2-8-20-29)32-25-13-15-27-16-14-26-33(34(27)32)36(30-21-9-3-10-22-30)31-23-11-4-12-24-31/h1-26H. The van der Waals surface area contributed by atoms with E-state index in [-0.39, 0.29) is 0 Å². The summed E-state index contributed by atoms with van der Waals surface area (Å²) in [4.78, 5) is 0. The molecule has 0 atom stereocenters. The topological polar surface area (TPSA) is 0 Å². The zero-order chi connectivity index (χ0) is 24.2. The van der Waals surface area contributed by atoms with Crippen LogP contribution in [0.3, 0.4) is 0 Å². The van der Waals surface area contributed by atoms with Crippen molar-refractivity contribution in [2.24, 2.45) is 0 Å². The molecule has 0 N–H and O–H groups in total. The molecule has 0 aromatic heterocycles. The quantitative estimate of drug-likeness (QED) is 0.261. The number of fused-ring (bicyclic) bond motifs is 1. The molecule has 0 unspecified atom stereocenters. The molecular weight excluding hydrogens is 558 g/mol. The zero-order valence-electron chi connectivity index (χ0n) is 19.9. The van der Waals surface area contributed by atoms with Crippen molar-refractivity contribution >= 4 is 66.2 Å². The van der Waals surface area contributed by atoms with Crippen LogP contribution in [0.1, 0.15) is 0 Å². The zero-order valence-corrected chi connectivity index (χ0v) is 23.7. The van der Waals surface area contributed by atoms with Crippen LogP contribution in [0, 0.1) is 0 Å². The molecule has 6 aromatic carbocycles. The average molecular weight is 584 g/mol. The first-order valence-corrected chi connectivity index (χ1v) is 17.9. The van der Waals surface area contributed by atoms with Crippen molar-refractivity contribution < 1.29 is 0 Å². The normalized spacial score (nSPS) is 11.3. The molecule has 0 saturated heterocycles. The Morgan fingerprint density at radius 2 is 0.583 bits per heavy atom. The molecule has 0 amide bonds. The minimum atomic E-state index is -1.79. The maximum atomic E-state index is 2.41. The molecule has 0 bridgehead atoms. The van der Waals surface area contributed by atoms with Gasteiger partial charge in [-0.3, -0.25) is 0 Å². The van der Waals surface area contributed by atoms with E-state index in [9.17, 15) is 0 Å². The summed E-state index contributed by atoms with van der Waals surface area (Å²) >= 11 is -3.57. The molecule has 6 rings (SSSR count). The second-order valence-corrected chi connectivity index (χ2v) is 17.8. The summed E-state index contributed by atoms with van der Waals surface area (Å²) in [5.41, 5.74) is 0. The molecule has 0 saturated carbocycles. The van der Waals surface area contributed by atoms with Crippen LogP contribution in [-0.2, 0) is 0 Å². The van der Waals surface area contributed by atoms with Gasteiger partial charge in [0.2, 0.25) is 0 Å². The van der Waals surface area contributed by atoms with Crippen LogP contribution in [0.4, 0.5) is 0 Å². The van der Waals surface area contributed by atoms with Gasteiger partial charge in [0.05, 0.1) is 0 Å². The second kappa shape index (κ2) is 10.8. The van der Waals surface area contributed by atoms with Gasteiger partial charge < -0.3 is 0 Å². The van der Waals surface area contributed by atoms with E-state index in [1.807, 2.05) is 0 Å². The molecule has 36 heavy (non-hydrogen) atoms. The molecule has 0 radical (unpaired) electrons. The van der Waals surface area contributed by atoms with Crippen LogP contribution >= 0.6 is 0 Å². The summed E-state index contributed by atoms with van der Waals surface area (Å²) in [7, 11) is 0. The summed E-state index contributed by atoms with van der Waals surface area (Å²) < 4.78 is 8.93. The van der Waals surface area contributed by atoms with Gasteiger partial charge in [-0.2, -0.15) is 0 Å². The van der Waals surface area contributed by atoms with Crippen molar-refractivity contribution in [3.05, 3.63) is 158 Å². The van der Waals surface area contributed by atoms with Gasteiger partial charge in [-0.15, -0.1) is 0 Å².